The topological polar surface area (TPSA) is 106 Å². The third-order valence-corrected chi connectivity index (χ3v) is 4.88. The second-order valence-electron chi connectivity index (χ2n) is 6.43. The highest BCUT2D eigenvalue weighted by Crippen LogP contribution is 2.29. The van der Waals surface area contributed by atoms with E-state index in [1.54, 1.807) is 7.11 Å². The zero-order chi connectivity index (χ0) is 21.9. The van der Waals surface area contributed by atoms with Crippen molar-refractivity contribution in [3.05, 3.63) is 57.7 Å². The third kappa shape index (κ3) is 8.17. The molecule has 0 aromatic heterocycles. The number of carbonyl (C=O) groups is 2. The molecule has 1 aliphatic rings. The number of methoxy groups -OCH3 is 1. The molecule has 0 saturated carbocycles. The van der Waals surface area contributed by atoms with Crippen molar-refractivity contribution in [1.82, 2.24) is 4.90 Å². The predicted molar refractivity (Wildman–Crippen MR) is 118 cm³/mol. The minimum absolute atomic E-state index is 0.0754. The summed E-state index contributed by atoms with van der Waals surface area (Å²) in [5.74, 6) is -2.12. The van der Waals surface area contributed by atoms with Gasteiger partial charge in [0, 0.05) is 23.2 Å². The fourth-order valence-corrected chi connectivity index (χ4v) is 3.27. The van der Waals surface area contributed by atoms with E-state index in [9.17, 15) is 0 Å². The summed E-state index contributed by atoms with van der Waals surface area (Å²) in [5.41, 5.74) is 1.33. The molecule has 2 N–H and O–H groups in total. The number of morpholine rings is 1. The van der Waals surface area contributed by atoms with Crippen LogP contribution in [0.15, 0.2) is 48.5 Å². The number of rotatable bonds is 6. The molecule has 1 saturated heterocycles. The molecule has 2 aromatic rings. The lowest BCUT2D eigenvalue weighted by atomic mass is 10.2. The molecule has 0 amide bonds. The zero-order valence-corrected chi connectivity index (χ0v) is 18.7. The summed E-state index contributed by atoms with van der Waals surface area (Å²) in [6.07, 6.45) is 0.0754. The average Bonchev–Trinajstić information content (AvgIpc) is 2.74. The maximum absolute atomic E-state index is 9.10. The molecule has 3 rings (SSSR count). The van der Waals surface area contributed by atoms with Gasteiger partial charge in [-0.1, -0.05) is 30.3 Å². The summed E-state index contributed by atoms with van der Waals surface area (Å²) >= 11 is 2.26. The van der Waals surface area contributed by atoms with Gasteiger partial charge in [0.05, 0.1) is 13.7 Å². The first-order valence-corrected chi connectivity index (χ1v) is 10.3. The molecule has 0 aliphatic carbocycles. The Morgan fingerprint density at radius 1 is 1.13 bits per heavy atom. The van der Waals surface area contributed by atoms with Crippen LogP contribution in [0.2, 0.25) is 0 Å². The van der Waals surface area contributed by atoms with Crippen LogP contribution >= 0.6 is 22.6 Å². The number of ether oxygens (including phenoxy) is 3. The molecule has 0 bridgehead atoms. The number of hydrogen-bond donors (Lipinski definition) is 2. The molecule has 9 heteroatoms. The Hall–Kier alpha value is -2.37. The van der Waals surface area contributed by atoms with Crippen molar-refractivity contribution in [2.75, 3.05) is 33.4 Å². The van der Waals surface area contributed by atoms with Gasteiger partial charge in [0.15, 0.2) is 11.5 Å². The Bertz CT molecular complexity index is 819. The smallest absolute Gasteiger partial charge is 0.414 e. The maximum Gasteiger partial charge on any atom is 0.414 e. The van der Waals surface area contributed by atoms with Gasteiger partial charge < -0.3 is 24.4 Å². The average molecular weight is 529 g/mol. The first kappa shape index (κ1) is 23.9. The van der Waals surface area contributed by atoms with Crippen molar-refractivity contribution in [3.63, 3.8) is 0 Å². The molecule has 0 radical (unpaired) electrons. The van der Waals surface area contributed by atoms with Crippen LogP contribution in [0.5, 0.6) is 11.5 Å². The van der Waals surface area contributed by atoms with Gasteiger partial charge in [0.25, 0.3) is 0 Å². The number of halogens is 1. The van der Waals surface area contributed by atoms with Crippen LogP contribution in [0, 0.1) is 3.57 Å². The van der Waals surface area contributed by atoms with E-state index in [0.717, 1.165) is 41.3 Å². The Morgan fingerprint density at radius 2 is 1.83 bits per heavy atom. The Morgan fingerprint density at radius 3 is 2.47 bits per heavy atom. The van der Waals surface area contributed by atoms with Gasteiger partial charge in [-0.2, -0.15) is 0 Å². The van der Waals surface area contributed by atoms with Crippen molar-refractivity contribution < 1.29 is 34.0 Å². The summed E-state index contributed by atoms with van der Waals surface area (Å²) in [6, 6.07) is 16.5. The van der Waals surface area contributed by atoms with Crippen molar-refractivity contribution >= 4 is 34.5 Å². The Kier molecular flexibility index (Phi) is 9.84. The van der Waals surface area contributed by atoms with Crippen LogP contribution in [0.25, 0.3) is 0 Å². The van der Waals surface area contributed by atoms with E-state index < -0.39 is 11.9 Å². The SMILES string of the molecule is COc1cc(I)ccc1OCC1CN(Cc2ccccc2)CCO1.O=C(O)C(=O)O. The zero-order valence-electron chi connectivity index (χ0n) is 16.5. The summed E-state index contributed by atoms with van der Waals surface area (Å²) in [5, 5.41) is 14.8. The van der Waals surface area contributed by atoms with Gasteiger partial charge in [0.1, 0.15) is 12.7 Å². The lowest BCUT2D eigenvalue weighted by Gasteiger charge is -2.32. The Labute approximate surface area is 188 Å². The minimum Gasteiger partial charge on any atom is -0.493 e. The van der Waals surface area contributed by atoms with Gasteiger partial charge in [0.2, 0.25) is 0 Å². The molecule has 1 fully saturated rings. The van der Waals surface area contributed by atoms with Crippen molar-refractivity contribution in [2.45, 2.75) is 12.6 Å². The lowest BCUT2D eigenvalue weighted by Crippen LogP contribution is -2.44. The summed E-state index contributed by atoms with van der Waals surface area (Å²) in [4.78, 5) is 20.6. The summed E-state index contributed by atoms with van der Waals surface area (Å²) < 4.78 is 18.3. The van der Waals surface area contributed by atoms with Gasteiger partial charge in [-0.15, -0.1) is 0 Å². The molecule has 30 heavy (non-hydrogen) atoms. The number of nitrogens with zero attached hydrogens (tertiary/aromatic N) is 1. The van der Waals surface area contributed by atoms with Crippen LogP contribution in [0.4, 0.5) is 0 Å². The van der Waals surface area contributed by atoms with E-state index in [4.69, 9.17) is 34.0 Å². The van der Waals surface area contributed by atoms with Crippen LogP contribution in [-0.4, -0.2) is 66.6 Å². The van der Waals surface area contributed by atoms with E-state index in [1.165, 1.54) is 5.56 Å². The molecule has 1 atom stereocenters. The third-order valence-electron chi connectivity index (χ3n) is 4.21. The van der Waals surface area contributed by atoms with E-state index >= 15 is 0 Å². The molecule has 2 aromatic carbocycles. The maximum atomic E-state index is 9.10. The predicted octanol–water partition coefficient (Wildman–Crippen LogP) is 2.74. The molecular formula is C21H24INO7. The second kappa shape index (κ2) is 12.4. The molecule has 0 spiro atoms. The van der Waals surface area contributed by atoms with Gasteiger partial charge in [-0.25, -0.2) is 9.59 Å². The van der Waals surface area contributed by atoms with Gasteiger partial charge in [-0.05, 0) is 46.4 Å². The second-order valence-corrected chi connectivity index (χ2v) is 7.68. The molecule has 1 heterocycles. The van der Waals surface area contributed by atoms with Crippen LogP contribution in [-0.2, 0) is 20.9 Å². The number of carboxylic acids is 2. The largest absolute Gasteiger partial charge is 0.493 e. The highest BCUT2D eigenvalue weighted by atomic mass is 127. The van der Waals surface area contributed by atoms with Crippen molar-refractivity contribution in [1.29, 1.82) is 0 Å². The van der Waals surface area contributed by atoms with E-state index in [1.807, 2.05) is 24.3 Å². The molecular weight excluding hydrogens is 505 g/mol. The molecule has 8 nitrogen and oxygen atoms in total. The number of hydrogen-bond acceptors (Lipinski definition) is 6. The quantitative estimate of drug-likeness (QED) is 0.435. The first-order valence-electron chi connectivity index (χ1n) is 9.19. The summed E-state index contributed by atoms with van der Waals surface area (Å²) in [6.45, 7) is 4.06. The highest BCUT2D eigenvalue weighted by Gasteiger charge is 2.21. The highest BCUT2D eigenvalue weighted by molar-refractivity contribution is 14.1. The van der Waals surface area contributed by atoms with Gasteiger partial charge >= 0.3 is 11.9 Å². The fourth-order valence-electron chi connectivity index (χ4n) is 2.81. The lowest BCUT2D eigenvalue weighted by molar-refractivity contribution is -0.159. The summed E-state index contributed by atoms with van der Waals surface area (Å²) in [7, 11) is 1.66. The van der Waals surface area contributed by atoms with Crippen LogP contribution in [0.3, 0.4) is 0 Å². The minimum atomic E-state index is -1.82. The monoisotopic (exact) mass is 529 g/mol. The number of carboxylic acid groups (broad SMARTS) is 2. The fraction of sp³-hybridized carbons (Fsp3) is 0.333. The van der Waals surface area contributed by atoms with Crippen molar-refractivity contribution in [2.24, 2.45) is 0 Å². The normalized spacial score (nSPS) is 16.1. The van der Waals surface area contributed by atoms with E-state index in [0.29, 0.717) is 6.61 Å². The van der Waals surface area contributed by atoms with Crippen LogP contribution in [0.1, 0.15) is 5.56 Å². The van der Waals surface area contributed by atoms with Crippen LogP contribution < -0.4 is 9.47 Å². The molecule has 162 valence electrons. The number of aliphatic carboxylic acids is 2. The molecule has 1 unspecified atom stereocenters. The van der Waals surface area contributed by atoms with Crippen molar-refractivity contribution in [3.8, 4) is 11.5 Å². The van der Waals surface area contributed by atoms with E-state index in [2.05, 4.69) is 51.8 Å². The molecule has 1 aliphatic heterocycles. The number of benzene rings is 2. The Balaban J connectivity index is 0.000000469. The van der Waals surface area contributed by atoms with Gasteiger partial charge in [-0.3, -0.25) is 4.90 Å². The standard InChI is InChI=1S/C19H22INO3.C2H2O4/c1-22-19-11-16(20)7-8-18(19)24-14-17-13-21(9-10-23-17)12-15-5-3-2-4-6-15;3-1(4)2(5)6/h2-8,11,17H,9-10,12-14H2,1H3;(H,3,4)(H,5,6). The first-order chi connectivity index (χ1) is 14.4. The van der Waals surface area contributed by atoms with E-state index in [-0.39, 0.29) is 6.10 Å².